The largest absolute Gasteiger partial charge is 0.246 e. The molecule has 4 aromatic rings. The predicted molar refractivity (Wildman–Crippen MR) is 94.0 cm³/mol. The van der Waals surface area contributed by atoms with Crippen LogP contribution < -0.4 is 0 Å². The molecule has 0 aliphatic heterocycles. The second-order valence-corrected chi connectivity index (χ2v) is 7.89. The van der Waals surface area contributed by atoms with Crippen molar-refractivity contribution in [3.05, 3.63) is 40.8 Å². The van der Waals surface area contributed by atoms with Gasteiger partial charge in [-0.15, -0.1) is 21.5 Å². The highest BCUT2D eigenvalue weighted by molar-refractivity contribution is 7.24. The summed E-state index contributed by atoms with van der Waals surface area (Å²) in [5.41, 5.74) is 1.84. The van der Waals surface area contributed by atoms with Gasteiger partial charge in [-0.1, -0.05) is 25.2 Å². The maximum absolute atomic E-state index is 13.1. The molecule has 0 bridgehead atoms. The zero-order valence-corrected chi connectivity index (χ0v) is 15.0. The number of fused-ring (bicyclic) bond motifs is 1. The fraction of sp³-hybridized carbons (Fsp3) is 0.250. The van der Waals surface area contributed by atoms with Gasteiger partial charge in [-0.05, 0) is 37.1 Å². The Hall–Kier alpha value is -2.19. The number of benzene rings is 1. The standard InChI is InChI=1S/C16H14FN5S2/c1-8(2)12-13(23-9(3)18-12)15-21-22-14(19-20-16(22)24-15)10-4-6-11(17)7-5-10/h4-8H,1-3H3. The second kappa shape index (κ2) is 5.71. The summed E-state index contributed by atoms with van der Waals surface area (Å²) in [7, 11) is 0. The summed E-state index contributed by atoms with van der Waals surface area (Å²) in [6.07, 6.45) is 0. The van der Waals surface area contributed by atoms with Gasteiger partial charge in [0, 0.05) is 5.56 Å². The molecule has 0 N–H and O–H groups in total. The maximum Gasteiger partial charge on any atom is 0.235 e. The third-order valence-corrected chi connectivity index (χ3v) is 5.63. The first-order chi connectivity index (χ1) is 11.5. The molecule has 5 nitrogen and oxygen atoms in total. The van der Waals surface area contributed by atoms with Gasteiger partial charge in [0.25, 0.3) is 0 Å². The van der Waals surface area contributed by atoms with Crippen molar-refractivity contribution in [3.8, 4) is 21.3 Å². The Labute approximate surface area is 145 Å². The van der Waals surface area contributed by atoms with Gasteiger partial charge in [0.15, 0.2) is 10.8 Å². The minimum atomic E-state index is -0.278. The lowest BCUT2D eigenvalue weighted by atomic mass is 10.1. The molecule has 1 aromatic carbocycles. The molecule has 0 amide bonds. The van der Waals surface area contributed by atoms with E-state index in [9.17, 15) is 4.39 Å². The fourth-order valence-electron chi connectivity index (χ4n) is 2.48. The highest BCUT2D eigenvalue weighted by atomic mass is 32.1. The Morgan fingerprint density at radius 3 is 2.54 bits per heavy atom. The van der Waals surface area contributed by atoms with Crippen LogP contribution in [0.15, 0.2) is 24.3 Å². The van der Waals surface area contributed by atoms with Gasteiger partial charge in [0.1, 0.15) is 5.82 Å². The van der Waals surface area contributed by atoms with Crippen LogP contribution >= 0.6 is 22.7 Å². The van der Waals surface area contributed by atoms with Gasteiger partial charge < -0.3 is 0 Å². The molecule has 4 rings (SSSR count). The van der Waals surface area contributed by atoms with Crippen molar-refractivity contribution in [1.29, 1.82) is 0 Å². The SMILES string of the molecule is Cc1nc(C(C)C)c(-c2nn3c(-c4ccc(F)cc4)nnc3s2)s1. The van der Waals surface area contributed by atoms with Crippen molar-refractivity contribution in [2.75, 3.05) is 0 Å². The minimum Gasteiger partial charge on any atom is -0.246 e. The van der Waals surface area contributed by atoms with E-state index in [1.807, 2.05) is 6.92 Å². The third-order valence-electron chi connectivity index (χ3n) is 3.59. The van der Waals surface area contributed by atoms with Crippen LogP contribution in [0.25, 0.3) is 26.2 Å². The van der Waals surface area contributed by atoms with E-state index in [1.165, 1.54) is 23.5 Å². The van der Waals surface area contributed by atoms with Crippen LogP contribution in [0, 0.1) is 12.7 Å². The Morgan fingerprint density at radius 2 is 1.83 bits per heavy atom. The molecule has 8 heteroatoms. The number of aryl methyl sites for hydroxylation is 1. The van der Waals surface area contributed by atoms with Gasteiger partial charge in [0.05, 0.1) is 15.6 Å². The number of thiazole rings is 1. The van der Waals surface area contributed by atoms with Crippen LogP contribution in [-0.2, 0) is 0 Å². The lowest BCUT2D eigenvalue weighted by Gasteiger charge is -2.01. The van der Waals surface area contributed by atoms with E-state index < -0.39 is 0 Å². The third kappa shape index (κ3) is 2.51. The van der Waals surface area contributed by atoms with Gasteiger partial charge in [-0.3, -0.25) is 0 Å². The quantitative estimate of drug-likeness (QED) is 0.538. The number of aromatic nitrogens is 5. The van der Waals surface area contributed by atoms with Gasteiger partial charge in [0.2, 0.25) is 4.96 Å². The summed E-state index contributed by atoms with van der Waals surface area (Å²) >= 11 is 3.13. The summed E-state index contributed by atoms with van der Waals surface area (Å²) < 4.78 is 14.8. The van der Waals surface area contributed by atoms with Crippen LogP contribution in [0.4, 0.5) is 4.39 Å². The number of hydrogen-bond donors (Lipinski definition) is 0. The summed E-state index contributed by atoms with van der Waals surface area (Å²) in [5.74, 6) is 0.663. The highest BCUT2D eigenvalue weighted by Gasteiger charge is 2.20. The number of nitrogens with zero attached hydrogens (tertiary/aromatic N) is 5. The lowest BCUT2D eigenvalue weighted by Crippen LogP contribution is -1.93. The molecule has 0 unspecified atom stereocenters. The van der Waals surface area contributed by atoms with E-state index >= 15 is 0 Å². The summed E-state index contributed by atoms with van der Waals surface area (Å²) in [6, 6.07) is 6.18. The first-order valence-electron chi connectivity index (χ1n) is 7.49. The molecule has 0 aliphatic rings. The van der Waals surface area contributed by atoms with E-state index in [0.29, 0.717) is 16.7 Å². The zero-order valence-electron chi connectivity index (χ0n) is 13.3. The summed E-state index contributed by atoms with van der Waals surface area (Å²) in [5, 5.41) is 15.0. The number of rotatable bonds is 3. The molecule has 0 atom stereocenters. The van der Waals surface area contributed by atoms with Crippen LogP contribution in [0.3, 0.4) is 0 Å². The zero-order chi connectivity index (χ0) is 16.8. The Kier molecular flexibility index (Phi) is 3.65. The number of halogens is 1. The Balaban J connectivity index is 1.84. The molecule has 0 fully saturated rings. The lowest BCUT2D eigenvalue weighted by molar-refractivity contribution is 0.628. The summed E-state index contributed by atoms with van der Waals surface area (Å²) in [6.45, 7) is 6.26. The minimum absolute atomic E-state index is 0.278. The van der Waals surface area contributed by atoms with E-state index in [-0.39, 0.29) is 5.82 Å². The molecule has 0 saturated heterocycles. The molecule has 0 saturated carbocycles. The first-order valence-corrected chi connectivity index (χ1v) is 9.12. The van der Waals surface area contributed by atoms with Crippen LogP contribution in [0.2, 0.25) is 0 Å². The smallest absolute Gasteiger partial charge is 0.235 e. The van der Waals surface area contributed by atoms with Crippen LogP contribution in [0.1, 0.15) is 30.5 Å². The van der Waals surface area contributed by atoms with Gasteiger partial charge in [-0.25, -0.2) is 9.37 Å². The molecule has 0 aliphatic carbocycles. The molecule has 0 spiro atoms. The molecular formula is C16H14FN5S2. The van der Waals surface area contributed by atoms with E-state index in [1.54, 1.807) is 28.0 Å². The normalized spacial score (nSPS) is 11.7. The van der Waals surface area contributed by atoms with Crippen molar-refractivity contribution in [1.82, 2.24) is 24.8 Å². The Morgan fingerprint density at radius 1 is 1.08 bits per heavy atom. The molecular weight excluding hydrogens is 345 g/mol. The van der Waals surface area contributed by atoms with Crippen molar-refractivity contribution >= 4 is 27.6 Å². The fourth-order valence-corrected chi connectivity index (χ4v) is 4.47. The average Bonchev–Trinajstić information content (AvgIpc) is 3.21. The molecule has 0 radical (unpaired) electrons. The Bertz CT molecular complexity index is 1010. The van der Waals surface area contributed by atoms with Crippen molar-refractivity contribution in [2.24, 2.45) is 0 Å². The summed E-state index contributed by atoms with van der Waals surface area (Å²) in [4.78, 5) is 6.43. The van der Waals surface area contributed by atoms with E-state index in [4.69, 9.17) is 0 Å². The molecule has 3 aromatic heterocycles. The molecule has 3 heterocycles. The number of hydrogen-bond acceptors (Lipinski definition) is 6. The molecule has 122 valence electrons. The van der Waals surface area contributed by atoms with Crippen LogP contribution in [-0.4, -0.2) is 24.8 Å². The van der Waals surface area contributed by atoms with Crippen molar-refractivity contribution in [2.45, 2.75) is 26.7 Å². The van der Waals surface area contributed by atoms with Crippen LogP contribution in [0.5, 0.6) is 0 Å². The van der Waals surface area contributed by atoms with Gasteiger partial charge in [-0.2, -0.15) is 9.61 Å². The molecule has 24 heavy (non-hydrogen) atoms. The highest BCUT2D eigenvalue weighted by Crippen LogP contribution is 2.37. The topological polar surface area (TPSA) is 56.0 Å². The first kappa shape index (κ1) is 15.3. The average molecular weight is 359 g/mol. The second-order valence-electron chi connectivity index (χ2n) is 5.73. The predicted octanol–water partition coefficient (Wildman–Crippen LogP) is 4.55. The van der Waals surface area contributed by atoms with E-state index in [0.717, 1.165) is 26.1 Å². The monoisotopic (exact) mass is 359 g/mol. The van der Waals surface area contributed by atoms with Gasteiger partial charge >= 0.3 is 0 Å². The van der Waals surface area contributed by atoms with Crippen molar-refractivity contribution < 1.29 is 4.39 Å². The maximum atomic E-state index is 13.1. The van der Waals surface area contributed by atoms with E-state index in [2.05, 4.69) is 34.1 Å². The van der Waals surface area contributed by atoms with Crippen molar-refractivity contribution in [3.63, 3.8) is 0 Å².